The van der Waals surface area contributed by atoms with Crippen LogP contribution in [-0.2, 0) is 28.7 Å². The van der Waals surface area contributed by atoms with E-state index >= 15 is 0 Å². The van der Waals surface area contributed by atoms with Crippen molar-refractivity contribution in [3.63, 3.8) is 0 Å². The van der Waals surface area contributed by atoms with E-state index in [1.807, 2.05) is 6.92 Å². The van der Waals surface area contributed by atoms with Crippen LogP contribution < -0.4 is 16.4 Å². The van der Waals surface area contributed by atoms with Crippen molar-refractivity contribution in [3.8, 4) is 0 Å². The molecule has 0 bridgehead atoms. The molecule has 1 aliphatic rings. The molecule has 6 unspecified atom stereocenters. The molecule has 0 spiro atoms. The molecule has 0 saturated heterocycles. The average molecular weight is 521 g/mol. The maximum Gasteiger partial charge on any atom is 0.328 e. The molecule has 10 nitrogen and oxygen atoms in total. The molecule has 208 valence electrons. The van der Waals surface area contributed by atoms with E-state index in [1.54, 1.807) is 6.92 Å². The molecule has 0 fully saturated rings. The maximum atomic E-state index is 13.3. The Balaban J connectivity index is 3.32. The fourth-order valence-electron chi connectivity index (χ4n) is 4.48. The summed E-state index contributed by atoms with van der Waals surface area (Å²) < 4.78 is 5.88. The molecule has 0 aromatic heterocycles. The fourth-order valence-corrected chi connectivity index (χ4v) is 4.48. The summed E-state index contributed by atoms with van der Waals surface area (Å²) in [4.78, 5) is 63.8. The second kappa shape index (κ2) is 15.2. The number of likely N-dealkylation sites (N-methyl/N-ethyl adjacent to an activating group) is 1. The van der Waals surface area contributed by atoms with Gasteiger partial charge in [0.2, 0.25) is 23.6 Å². The number of primary amides is 1. The maximum absolute atomic E-state index is 13.3. The third kappa shape index (κ3) is 11.2. The first-order chi connectivity index (χ1) is 17.2. The quantitative estimate of drug-likeness (QED) is 0.396. The van der Waals surface area contributed by atoms with Crippen LogP contribution in [0.2, 0.25) is 0 Å². The Bertz CT molecular complexity index is 886. The molecular weight excluding hydrogens is 476 g/mol. The highest BCUT2D eigenvalue weighted by Gasteiger charge is 2.35. The molecule has 10 heteroatoms. The Morgan fingerprint density at radius 3 is 2.41 bits per heavy atom. The number of nitrogens with zero attached hydrogens (tertiary/aromatic N) is 1. The zero-order chi connectivity index (χ0) is 28.3. The molecular formula is C27H44N4O6. The first-order valence-corrected chi connectivity index (χ1v) is 13.0. The normalized spacial score (nSPS) is 25.6. The van der Waals surface area contributed by atoms with Crippen LogP contribution in [0.1, 0.15) is 66.7 Å². The van der Waals surface area contributed by atoms with E-state index in [0.29, 0.717) is 11.8 Å². The summed E-state index contributed by atoms with van der Waals surface area (Å²) in [6.45, 7) is 13.5. The smallest absolute Gasteiger partial charge is 0.328 e. The van der Waals surface area contributed by atoms with Crippen molar-refractivity contribution in [3.05, 3.63) is 24.4 Å². The first kappa shape index (κ1) is 31.9. The predicted octanol–water partition coefficient (Wildman–Crippen LogP) is 2.04. The van der Waals surface area contributed by atoms with Gasteiger partial charge < -0.3 is 26.0 Å². The van der Waals surface area contributed by atoms with Crippen LogP contribution in [0, 0.1) is 23.7 Å². The summed E-state index contributed by atoms with van der Waals surface area (Å²) >= 11 is 0. The third-order valence-electron chi connectivity index (χ3n) is 6.76. The van der Waals surface area contributed by atoms with Gasteiger partial charge in [0.1, 0.15) is 12.1 Å². The molecule has 0 aromatic carbocycles. The van der Waals surface area contributed by atoms with Gasteiger partial charge in [-0.3, -0.25) is 19.2 Å². The van der Waals surface area contributed by atoms with E-state index in [2.05, 4.69) is 38.0 Å². The van der Waals surface area contributed by atoms with Crippen molar-refractivity contribution in [2.45, 2.75) is 78.9 Å². The number of rotatable bonds is 9. The number of ether oxygens (including phenoxy) is 1. The predicted molar refractivity (Wildman–Crippen MR) is 140 cm³/mol. The van der Waals surface area contributed by atoms with E-state index < -0.39 is 47.7 Å². The number of esters is 1. The van der Waals surface area contributed by atoms with Gasteiger partial charge in [-0.2, -0.15) is 0 Å². The molecule has 0 saturated carbocycles. The highest BCUT2D eigenvalue weighted by atomic mass is 16.5. The zero-order valence-electron chi connectivity index (χ0n) is 23.0. The van der Waals surface area contributed by atoms with E-state index in [4.69, 9.17) is 10.5 Å². The summed E-state index contributed by atoms with van der Waals surface area (Å²) in [5.74, 6) is -2.96. The topological polar surface area (TPSA) is 148 Å². The van der Waals surface area contributed by atoms with Crippen LogP contribution >= 0.6 is 0 Å². The Morgan fingerprint density at radius 1 is 1.16 bits per heavy atom. The molecule has 4 N–H and O–H groups in total. The molecule has 37 heavy (non-hydrogen) atoms. The van der Waals surface area contributed by atoms with Gasteiger partial charge in [0.15, 0.2) is 0 Å². The van der Waals surface area contributed by atoms with Crippen LogP contribution in [0.15, 0.2) is 24.4 Å². The van der Waals surface area contributed by atoms with Gasteiger partial charge in [0.05, 0.1) is 12.5 Å². The molecule has 6 atom stereocenters. The number of hydrogen-bond acceptors (Lipinski definition) is 6. The second-order valence-electron chi connectivity index (χ2n) is 10.4. The van der Waals surface area contributed by atoms with Crippen molar-refractivity contribution in [2.24, 2.45) is 29.4 Å². The zero-order valence-corrected chi connectivity index (χ0v) is 23.0. The lowest BCUT2D eigenvalue weighted by Gasteiger charge is -2.32. The lowest BCUT2D eigenvalue weighted by Crippen LogP contribution is -2.49. The van der Waals surface area contributed by atoms with Crippen molar-refractivity contribution in [1.29, 1.82) is 0 Å². The summed E-state index contributed by atoms with van der Waals surface area (Å²) in [6, 6.07) is -1.17. The molecule has 1 heterocycles. The van der Waals surface area contributed by atoms with Crippen molar-refractivity contribution < 1.29 is 28.7 Å². The SMILES string of the molecule is C=C1/C=C\C(=O)N(C)CC(=O)NC(CCC(N)=O)C(=O)OC(C(C)CC(C)CC(C)CC)C(C)C(=O)N1. The third-order valence-corrected chi connectivity index (χ3v) is 6.76. The van der Waals surface area contributed by atoms with Gasteiger partial charge >= 0.3 is 5.97 Å². The molecule has 1 aliphatic heterocycles. The first-order valence-electron chi connectivity index (χ1n) is 13.0. The van der Waals surface area contributed by atoms with Crippen molar-refractivity contribution in [1.82, 2.24) is 15.5 Å². The Hall–Kier alpha value is -3.17. The highest BCUT2D eigenvalue weighted by Crippen LogP contribution is 2.28. The average Bonchev–Trinajstić information content (AvgIpc) is 2.81. The fraction of sp³-hybridized carbons (Fsp3) is 0.667. The van der Waals surface area contributed by atoms with Gasteiger partial charge in [-0.1, -0.05) is 47.6 Å². The summed E-state index contributed by atoms with van der Waals surface area (Å²) in [5.41, 5.74) is 5.46. The summed E-state index contributed by atoms with van der Waals surface area (Å²) in [6.07, 6.45) is 4.31. The largest absolute Gasteiger partial charge is 0.460 e. The van der Waals surface area contributed by atoms with Gasteiger partial charge in [0, 0.05) is 25.2 Å². The number of nitrogens with one attached hydrogen (secondary N) is 2. The Kier molecular flexibility index (Phi) is 13.1. The Morgan fingerprint density at radius 2 is 1.81 bits per heavy atom. The van der Waals surface area contributed by atoms with E-state index in [0.717, 1.165) is 24.2 Å². The van der Waals surface area contributed by atoms with Crippen LogP contribution in [0.4, 0.5) is 0 Å². The van der Waals surface area contributed by atoms with Crippen LogP contribution in [-0.4, -0.2) is 60.2 Å². The molecule has 0 aliphatic carbocycles. The van der Waals surface area contributed by atoms with E-state index in [9.17, 15) is 24.0 Å². The number of nitrogens with two attached hydrogens (primary N) is 1. The van der Waals surface area contributed by atoms with Gasteiger partial charge in [0.25, 0.3) is 0 Å². The van der Waals surface area contributed by atoms with Gasteiger partial charge in [-0.05, 0) is 43.1 Å². The standard InChI is InChI=1S/C27H44N4O6/c1-8-16(2)13-17(3)14-18(4)25-20(6)26(35)29-19(5)9-12-24(34)31(7)15-23(33)30-21(27(36)37-25)10-11-22(28)32/h9,12,16-18,20-21,25H,5,8,10-11,13-15H2,1-4,6-7H3,(H2,28,32)(H,29,35)(H,30,33)/b12-9-. The number of cyclic esters (lactones) is 1. The van der Waals surface area contributed by atoms with E-state index in [1.165, 1.54) is 19.2 Å². The minimum Gasteiger partial charge on any atom is -0.460 e. The highest BCUT2D eigenvalue weighted by molar-refractivity contribution is 5.93. The summed E-state index contributed by atoms with van der Waals surface area (Å²) in [5, 5.41) is 5.22. The van der Waals surface area contributed by atoms with Crippen LogP contribution in [0.3, 0.4) is 0 Å². The number of hydrogen-bond donors (Lipinski definition) is 3. The molecule has 4 amide bonds. The lowest BCUT2D eigenvalue weighted by atomic mass is 9.83. The number of amides is 4. The number of carbonyl (C=O) groups is 5. The van der Waals surface area contributed by atoms with Crippen molar-refractivity contribution >= 4 is 29.6 Å². The minimum atomic E-state index is -1.17. The Labute approximate surface area is 220 Å². The minimum absolute atomic E-state index is 0.0691. The molecule has 1 rings (SSSR count). The van der Waals surface area contributed by atoms with Crippen LogP contribution in [0.5, 0.6) is 0 Å². The molecule has 0 radical (unpaired) electrons. The van der Waals surface area contributed by atoms with Crippen molar-refractivity contribution in [2.75, 3.05) is 13.6 Å². The van der Waals surface area contributed by atoms with E-state index in [-0.39, 0.29) is 31.0 Å². The number of allylic oxidation sites excluding steroid dienone is 1. The second-order valence-corrected chi connectivity index (χ2v) is 10.4. The molecule has 0 aromatic rings. The van der Waals surface area contributed by atoms with Crippen LogP contribution in [0.25, 0.3) is 0 Å². The monoisotopic (exact) mass is 520 g/mol. The number of carbonyl (C=O) groups excluding carboxylic acids is 5. The van der Waals surface area contributed by atoms with Gasteiger partial charge in [-0.15, -0.1) is 0 Å². The lowest BCUT2D eigenvalue weighted by molar-refractivity contribution is -0.161. The summed E-state index contributed by atoms with van der Waals surface area (Å²) in [7, 11) is 1.42. The van der Waals surface area contributed by atoms with Gasteiger partial charge in [-0.25, -0.2) is 4.79 Å².